The Morgan fingerprint density at radius 3 is 2.67 bits per heavy atom. The van der Waals surface area contributed by atoms with E-state index in [0.29, 0.717) is 17.9 Å². The Kier molecular flexibility index (Phi) is 5.14. The third-order valence-corrected chi connectivity index (χ3v) is 5.68. The Labute approximate surface area is 161 Å². The molecule has 1 aromatic carbocycles. The van der Waals surface area contributed by atoms with Crippen LogP contribution >= 0.6 is 11.8 Å². The van der Waals surface area contributed by atoms with Crippen LogP contribution in [0.25, 0.3) is 0 Å². The van der Waals surface area contributed by atoms with Crippen LogP contribution in [0.3, 0.4) is 0 Å². The first-order valence-electron chi connectivity index (χ1n) is 8.71. The molecule has 144 valence electrons. The number of carbonyl (C=O) groups excluding carboxylic acids is 3. The number of carbonyl (C=O) groups is 3. The number of amides is 3. The number of hydrogen-bond donors (Lipinski definition) is 1. The molecule has 0 saturated carbocycles. The maximum absolute atomic E-state index is 13.5. The monoisotopic (exact) mass is 390 g/mol. The van der Waals surface area contributed by atoms with Crippen LogP contribution in [-0.4, -0.2) is 41.6 Å². The van der Waals surface area contributed by atoms with E-state index in [9.17, 15) is 14.4 Å². The van der Waals surface area contributed by atoms with Crippen molar-refractivity contribution in [2.45, 2.75) is 38.5 Å². The molecule has 9 heteroatoms. The highest BCUT2D eigenvalue weighted by Crippen LogP contribution is 2.55. The first kappa shape index (κ1) is 19.2. The first-order valence-corrected chi connectivity index (χ1v) is 9.53. The van der Waals surface area contributed by atoms with Crippen LogP contribution in [-0.2, 0) is 19.3 Å². The van der Waals surface area contributed by atoms with E-state index in [1.807, 2.05) is 6.07 Å². The second-order valence-corrected chi connectivity index (χ2v) is 7.54. The van der Waals surface area contributed by atoms with Crippen molar-refractivity contribution in [2.24, 2.45) is 5.10 Å². The van der Waals surface area contributed by atoms with Gasteiger partial charge in [-0.2, -0.15) is 5.01 Å². The zero-order chi connectivity index (χ0) is 19.8. The van der Waals surface area contributed by atoms with Crippen LogP contribution in [0.15, 0.2) is 23.3 Å². The van der Waals surface area contributed by atoms with Crippen LogP contribution in [0.2, 0.25) is 0 Å². The highest BCUT2D eigenvalue weighted by molar-refractivity contribution is 8.15. The fourth-order valence-electron chi connectivity index (χ4n) is 3.26. The molecule has 3 amide bonds. The molecular formula is C18H22N4O4S. The van der Waals surface area contributed by atoms with Crippen molar-refractivity contribution in [2.75, 3.05) is 18.6 Å². The van der Waals surface area contributed by atoms with Crippen molar-refractivity contribution in [3.05, 3.63) is 23.8 Å². The molecule has 8 nitrogen and oxygen atoms in total. The van der Waals surface area contributed by atoms with Gasteiger partial charge in [-0.05, 0) is 36.4 Å². The largest absolute Gasteiger partial charge is 0.497 e. The van der Waals surface area contributed by atoms with Gasteiger partial charge in [0, 0.05) is 26.0 Å². The number of hydrogen-bond acceptors (Lipinski definition) is 6. The summed E-state index contributed by atoms with van der Waals surface area (Å²) < 4.78 is 5.33. The van der Waals surface area contributed by atoms with Gasteiger partial charge >= 0.3 is 0 Å². The van der Waals surface area contributed by atoms with E-state index in [1.165, 1.54) is 13.8 Å². The molecule has 3 rings (SSSR count). The Bertz CT molecular complexity index is 841. The fraction of sp³-hybridized carbons (Fsp3) is 0.444. The molecular weight excluding hydrogens is 368 g/mol. The van der Waals surface area contributed by atoms with Gasteiger partial charge in [0.2, 0.25) is 16.7 Å². The normalized spacial score (nSPS) is 20.7. The van der Waals surface area contributed by atoms with Crippen LogP contribution < -0.4 is 15.0 Å². The summed E-state index contributed by atoms with van der Waals surface area (Å²) in [7, 11) is 1.55. The molecule has 2 aliphatic heterocycles. The van der Waals surface area contributed by atoms with Crippen molar-refractivity contribution >= 4 is 40.3 Å². The minimum atomic E-state index is -1.37. The quantitative estimate of drug-likeness (QED) is 0.849. The number of nitrogens with one attached hydrogen (secondary N) is 1. The molecule has 0 fully saturated rings. The second-order valence-electron chi connectivity index (χ2n) is 6.36. The van der Waals surface area contributed by atoms with Crippen LogP contribution in [0, 0.1) is 0 Å². The van der Waals surface area contributed by atoms with Gasteiger partial charge in [-0.3, -0.25) is 14.4 Å². The number of unbranched alkanes of at least 4 members (excludes halogenated alkanes) is 1. The molecule has 2 heterocycles. The van der Waals surface area contributed by atoms with E-state index in [-0.39, 0.29) is 22.9 Å². The summed E-state index contributed by atoms with van der Waals surface area (Å²) in [5, 5.41) is 8.20. The number of hydrazone groups is 1. The lowest BCUT2D eigenvalue weighted by Crippen LogP contribution is -2.48. The molecule has 0 aliphatic carbocycles. The van der Waals surface area contributed by atoms with Gasteiger partial charge in [-0.15, -0.1) is 5.10 Å². The zero-order valence-electron chi connectivity index (χ0n) is 15.7. The molecule has 1 atom stereocenters. The summed E-state index contributed by atoms with van der Waals surface area (Å²) in [5.74, 6) is -0.373. The highest BCUT2D eigenvalue weighted by atomic mass is 32.2. The summed E-state index contributed by atoms with van der Waals surface area (Å²) in [6.07, 6.45) is 1.76. The molecule has 0 bridgehead atoms. The zero-order valence-corrected chi connectivity index (χ0v) is 16.6. The van der Waals surface area contributed by atoms with Crippen molar-refractivity contribution in [1.29, 1.82) is 0 Å². The minimum Gasteiger partial charge on any atom is -0.497 e. The summed E-state index contributed by atoms with van der Waals surface area (Å²) >= 11 is 1.07. The maximum Gasteiger partial charge on any atom is 0.270 e. The van der Waals surface area contributed by atoms with E-state index >= 15 is 0 Å². The standard InChI is InChI=1S/C18H22N4O4S/c1-5-6-9-21-15-8-7-13(26-4)10-14(15)18(16(21)25)22(12(3)24)20-17(27-18)19-11(2)23/h7-8,10H,5-6,9H2,1-4H3,(H,19,20,23)/t18-/m0/s1. The predicted molar refractivity (Wildman–Crippen MR) is 103 cm³/mol. The van der Waals surface area contributed by atoms with Crippen LogP contribution in [0.4, 0.5) is 5.69 Å². The summed E-state index contributed by atoms with van der Waals surface area (Å²) in [6, 6.07) is 5.37. The van der Waals surface area contributed by atoms with Crippen LogP contribution in [0.5, 0.6) is 5.75 Å². The Morgan fingerprint density at radius 1 is 1.33 bits per heavy atom. The lowest BCUT2D eigenvalue weighted by atomic mass is 10.1. The second kappa shape index (κ2) is 7.22. The molecule has 27 heavy (non-hydrogen) atoms. The molecule has 0 radical (unpaired) electrons. The van der Waals surface area contributed by atoms with Crippen molar-refractivity contribution in [3.8, 4) is 5.75 Å². The number of fused-ring (bicyclic) bond motifs is 2. The molecule has 1 N–H and O–H groups in total. The summed E-state index contributed by atoms with van der Waals surface area (Å²) in [4.78, 5) is 37.7. The van der Waals surface area contributed by atoms with Crippen molar-refractivity contribution < 1.29 is 19.1 Å². The van der Waals surface area contributed by atoms with E-state index < -0.39 is 4.87 Å². The third-order valence-electron chi connectivity index (χ3n) is 4.44. The maximum atomic E-state index is 13.5. The number of thioether (sulfide) groups is 1. The van der Waals surface area contributed by atoms with Crippen molar-refractivity contribution in [1.82, 2.24) is 10.3 Å². The van der Waals surface area contributed by atoms with Gasteiger partial charge < -0.3 is 15.0 Å². The van der Waals surface area contributed by atoms with Gasteiger partial charge in [0.1, 0.15) is 5.75 Å². The third kappa shape index (κ3) is 3.05. The number of methoxy groups -OCH3 is 1. The Balaban J connectivity index is 2.15. The molecule has 0 saturated heterocycles. The highest BCUT2D eigenvalue weighted by Gasteiger charge is 2.61. The fourth-order valence-corrected chi connectivity index (χ4v) is 4.58. The smallest absolute Gasteiger partial charge is 0.270 e. The number of nitrogens with zero attached hydrogens (tertiary/aromatic N) is 3. The van der Waals surface area contributed by atoms with Gasteiger partial charge in [0.15, 0.2) is 5.17 Å². The summed E-state index contributed by atoms with van der Waals surface area (Å²) in [5.41, 5.74) is 1.36. The SMILES string of the molecule is CCCCN1C(=O)[C@@]2(SC(NC(C)=O)=NN2C(C)=O)c2cc(OC)ccc21. The van der Waals surface area contributed by atoms with Gasteiger partial charge in [-0.25, -0.2) is 0 Å². The van der Waals surface area contributed by atoms with E-state index in [1.54, 1.807) is 24.1 Å². The van der Waals surface area contributed by atoms with Gasteiger partial charge in [-0.1, -0.05) is 13.3 Å². The summed E-state index contributed by atoms with van der Waals surface area (Å²) in [6.45, 7) is 5.30. The van der Waals surface area contributed by atoms with E-state index in [0.717, 1.165) is 35.3 Å². The van der Waals surface area contributed by atoms with Crippen molar-refractivity contribution in [3.63, 3.8) is 0 Å². The van der Waals surface area contributed by atoms with E-state index in [4.69, 9.17) is 4.74 Å². The first-order chi connectivity index (χ1) is 12.8. The average molecular weight is 390 g/mol. The number of rotatable bonds is 4. The Morgan fingerprint density at radius 2 is 2.07 bits per heavy atom. The van der Waals surface area contributed by atoms with Crippen LogP contribution in [0.1, 0.15) is 39.2 Å². The molecule has 1 aromatic rings. The number of amidine groups is 1. The average Bonchev–Trinajstić information content (AvgIpc) is 3.11. The lowest BCUT2D eigenvalue weighted by Gasteiger charge is -2.29. The number of benzene rings is 1. The Hall–Kier alpha value is -2.55. The van der Waals surface area contributed by atoms with Gasteiger partial charge in [0.05, 0.1) is 12.8 Å². The number of anilines is 1. The molecule has 0 unspecified atom stereocenters. The lowest BCUT2D eigenvalue weighted by molar-refractivity contribution is -0.139. The predicted octanol–water partition coefficient (Wildman–Crippen LogP) is 2.00. The minimum absolute atomic E-state index is 0.220. The van der Waals surface area contributed by atoms with E-state index in [2.05, 4.69) is 17.3 Å². The molecule has 0 aromatic heterocycles. The number of ether oxygens (including phenoxy) is 1. The molecule has 2 aliphatic rings. The molecule has 1 spiro atoms. The van der Waals surface area contributed by atoms with Gasteiger partial charge in [0.25, 0.3) is 5.91 Å². The topological polar surface area (TPSA) is 91.3 Å².